The summed E-state index contributed by atoms with van der Waals surface area (Å²) in [6.07, 6.45) is 1.49. The summed E-state index contributed by atoms with van der Waals surface area (Å²) in [4.78, 5) is 15.3. The summed E-state index contributed by atoms with van der Waals surface area (Å²) in [5.41, 5.74) is 5.73. The molecule has 2 rings (SSSR count). The first-order valence-corrected chi connectivity index (χ1v) is 4.85. The molecule has 0 fully saturated rings. The Kier molecular flexibility index (Phi) is 2.34. The van der Waals surface area contributed by atoms with Gasteiger partial charge in [-0.05, 0) is 12.1 Å². The molecule has 2 aromatic rings. The van der Waals surface area contributed by atoms with Gasteiger partial charge >= 0.3 is 0 Å². The maximum Gasteiger partial charge on any atom is 0.252 e. The second kappa shape index (κ2) is 3.98. The van der Waals surface area contributed by atoms with Crippen molar-refractivity contribution in [3.05, 3.63) is 35.0 Å². The lowest BCUT2D eigenvalue weighted by Gasteiger charge is -2.07. The quantitative estimate of drug-likeness (QED) is 0.869. The maximum absolute atomic E-state index is 11.3. The number of rotatable bonds is 2. The minimum Gasteiger partial charge on any atom is -0.496 e. The van der Waals surface area contributed by atoms with E-state index >= 15 is 0 Å². The summed E-state index contributed by atoms with van der Waals surface area (Å²) in [6, 6.07) is 3.08. The van der Waals surface area contributed by atoms with Crippen LogP contribution in [-0.4, -0.2) is 18.0 Å². The second-order valence-corrected chi connectivity index (χ2v) is 3.54. The van der Waals surface area contributed by atoms with Crippen LogP contribution in [0, 0.1) is 0 Å². The van der Waals surface area contributed by atoms with Crippen molar-refractivity contribution < 1.29 is 10.9 Å². The number of ether oxygens (including phenoxy) is 1. The molecular weight excluding hydrogens is 228 g/mol. The van der Waals surface area contributed by atoms with Crippen molar-refractivity contribution in [3.8, 4) is 5.75 Å². The third-order valence-corrected chi connectivity index (χ3v) is 2.50. The molecule has 0 saturated carbocycles. The van der Waals surface area contributed by atoms with Crippen molar-refractivity contribution in [3.63, 3.8) is 0 Å². The number of benzene rings is 1. The summed E-state index contributed by atoms with van der Waals surface area (Å²) in [5.74, 6) is -0.558. The monoisotopic (exact) mass is 237 g/mol. The summed E-state index contributed by atoms with van der Waals surface area (Å²) >= 11 is 5.98. The molecule has 0 atom stereocenters. The summed E-state index contributed by atoms with van der Waals surface area (Å²) in [5, 5.41) is 0.919. The minimum absolute atomic E-state index is 0.00120. The SMILES string of the molecule is [2H]c1c(OC)c(C(N)=O)cc2c(Cl)ccnc12. The van der Waals surface area contributed by atoms with E-state index in [1.165, 1.54) is 19.4 Å². The van der Waals surface area contributed by atoms with Crippen LogP contribution in [0.15, 0.2) is 24.4 Å². The number of nitrogens with zero attached hydrogens (tertiary/aromatic N) is 1. The number of carbonyl (C=O) groups is 1. The van der Waals surface area contributed by atoms with E-state index in [1.54, 1.807) is 6.07 Å². The van der Waals surface area contributed by atoms with Crippen molar-refractivity contribution in [2.45, 2.75) is 0 Å². The minimum atomic E-state index is -0.669. The number of fused-ring (bicyclic) bond motifs is 1. The van der Waals surface area contributed by atoms with Gasteiger partial charge in [-0.3, -0.25) is 9.78 Å². The van der Waals surface area contributed by atoms with Crippen LogP contribution < -0.4 is 10.5 Å². The Bertz CT molecular complexity index is 616. The maximum atomic E-state index is 11.3. The Hall–Kier alpha value is -1.81. The molecule has 1 amide bonds. The van der Waals surface area contributed by atoms with E-state index in [4.69, 9.17) is 23.4 Å². The van der Waals surface area contributed by atoms with E-state index in [0.717, 1.165) is 0 Å². The molecule has 0 aliphatic rings. The largest absolute Gasteiger partial charge is 0.496 e. The third-order valence-electron chi connectivity index (χ3n) is 2.17. The van der Waals surface area contributed by atoms with Gasteiger partial charge in [-0.15, -0.1) is 0 Å². The zero-order chi connectivity index (χ0) is 12.6. The number of hydrogen-bond acceptors (Lipinski definition) is 3. The van der Waals surface area contributed by atoms with Crippen molar-refractivity contribution >= 4 is 28.4 Å². The molecule has 82 valence electrons. The topological polar surface area (TPSA) is 65.2 Å². The molecule has 1 heterocycles. The Morgan fingerprint density at radius 2 is 2.44 bits per heavy atom. The highest BCUT2D eigenvalue weighted by Crippen LogP contribution is 2.28. The molecule has 2 N–H and O–H groups in total. The lowest BCUT2D eigenvalue weighted by Crippen LogP contribution is -2.12. The molecule has 0 aliphatic heterocycles. The predicted molar refractivity (Wildman–Crippen MR) is 61.8 cm³/mol. The van der Waals surface area contributed by atoms with Crippen LogP contribution in [0.3, 0.4) is 0 Å². The number of carbonyl (C=O) groups excluding carboxylic acids is 1. The van der Waals surface area contributed by atoms with E-state index in [1.807, 2.05) is 0 Å². The highest BCUT2D eigenvalue weighted by molar-refractivity contribution is 6.35. The smallest absolute Gasteiger partial charge is 0.252 e. The first kappa shape index (κ1) is 9.42. The molecule has 1 aromatic heterocycles. The van der Waals surface area contributed by atoms with Gasteiger partial charge in [0, 0.05) is 17.6 Å². The number of aromatic nitrogens is 1. The van der Waals surface area contributed by atoms with Gasteiger partial charge < -0.3 is 10.5 Å². The molecule has 1 aromatic carbocycles. The fourth-order valence-electron chi connectivity index (χ4n) is 1.42. The van der Waals surface area contributed by atoms with Gasteiger partial charge in [0.2, 0.25) is 0 Å². The summed E-state index contributed by atoms with van der Waals surface area (Å²) in [7, 11) is 1.37. The summed E-state index contributed by atoms with van der Waals surface area (Å²) < 4.78 is 12.9. The fourth-order valence-corrected chi connectivity index (χ4v) is 1.62. The Labute approximate surface area is 98.4 Å². The van der Waals surface area contributed by atoms with E-state index in [2.05, 4.69) is 4.98 Å². The van der Waals surface area contributed by atoms with Crippen LogP contribution in [0.5, 0.6) is 5.75 Å². The van der Waals surface area contributed by atoms with Gasteiger partial charge in [-0.2, -0.15) is 0 Å². The number of pyridine rings is 1. The molecule has 0 radical (unpaired) electrons. The molecule has 0 bridgehead atoms. The highest BCUT2D eigenvalue weighted by atomic mass is 35.5. The number of amides is 1. The third kappa shape index (κ3) is 1.67. The Morgan fingerprint density at radius 3 is 3.06 bits per heavy atom. The van der Waals surface area contributed by atoms with Gasteiger partial charge in [0.1, 0.15) is 5.75 Å². The highest BCUT2D eigenvalue weighted by Gasteiger charge is 2.12. The molecule has 0 unspecified atom stereocenters. The standard InChI is InChI=1S/C11H9ClN2O2/c1-16-10-5-9-6(4-7(10)11(13)15)8(12)2-3-14-9/h2-5H,1H3,(H2,13,15)/i5D. The molecule has 0 saturated heterocycles. The van der Waals surface area contributed by atoms with Crippen LogP contribution in [0.25, 0.3) is 10.9 Å². The van der Waals surface area contributed by atoms with Gasteiger partial charge in [0.25, 0.3) is 5.91 Å². The number of primary amides is 1. The molecule has 16 heavy (non-hydrogen) atoms. The molecule has 0 aliphatic carbocycles. The number of methoxy groups -OCH3 is 1. The van der Waals surface area contributed by atoms with Gasteiger partial charge in [0.05, 0.1) is 24.6 Å². The van der Waals surface area contributed by atoms with E-state index < -0.39 is 5.91 Å². The number of nitrogens with two attached hydrogens (primary N) is 1. The number of halogens is 1. The first-order valence-electron chi connectivity index (χ1n) is 4.98. The lowest BCUT2D eigenvalue weighted by atomic mass is 10.1. The summed E-state index contributed by atoms with van der Waals surface area (Å²) in [6.45, 7) is 0. The Balaban J connectivity index is 2.93. The van der Waals surface area contributed by atoms with Crippen molar-refractivity contribution in [2.75, 3.05) is 7.11 Å². The van der Waals surface area contributed by atoms with Crippen LogP contribution in [0.1, 0.15) is 11.7 Å². The molecule has 5 heteroatoms. The normalized spacial score (nSPS) is 11.2. The van der Waals surface area contributed by atoms with Gasteiger partial charge in [0.15, 0.2) is 0 Å². The molecular formula is C11H9ClN2O2. The van der Waals surface area contributed by atoms with Gasteiger partial charge in [-0.25, -0.2) is 0 Å². The average Bonchev–Trinajstić information content (AvgIpc) is 2.30. The number of hydrogen-bond donors (Lipinski definition) is 1. The average molecular weight is 238 g/mol. The van der Waals surface area contributed by atoms with Crippen LogP contribution in [0.2, 0.25) is 5.02 Å². The van der Waals surface area contributed by atoms with Crippen molar-refractivity contribution in [1.82, 2.24) is 4.98 Å². The van der Waals surface area contributed by atoms with Crippen molar-refractivity contribution in [2.24, 2.45) is 5.73 Å². The van der Waals surface area contributed by atoms with Crippen LogP contribution >= 0.6 is 11.6 Å². The second-order valence-electron chi connectivity index (χ2n) is 3.14. The van der Waals surface area contributed by atoms with Crippen LogP contribution in [0.4, 0.5) is 0 Å². The van der Waals surface area contributed by atoms with E-state index in [0.29, 0.717) is 15.9 Å². The van der Waals surface area contributed by atoms with Crippen molar-refractivity contribution in [1.29, 1.82) is 0 Å². The first-order chi connectivity index (χ1) is 8.06. The Morgan fingerprint density at radius 1 is 1.69 bits per heavy atom. The van der Waals surface area contributed by atoms with E-state index in [9.17, 15) is 4.79 Å². The molecule has 0 spiro atoms. The predicted octanol–water partition coefficient (Wildman–Crippen LogP) is 2.00. The lowest BCUT2D eigenvalue weighted by molar-refractivity contribution is 0.0997. The van der Waals surface area contributed by atoms with Crippen LogP contribution in [-0.2, 0) is 0 Å². The van der Waals surface area contributed by atoms with E-state index in [-0.39, 0.29) is 17.4 Å². The van der Waals surface area contributed by atoms with Gasteiger partial charge in [-0.1, -0.05) is 11.6 Å². The molecule has 4 nitrogen and oxygen atoms in total. The zero-order valence-corrected chi connectivity index (χ0v) is 9.21. The zero-order valence-electron chi connectivity index (χ0n) is 9.45. The fraction of sp³-hybridized carbons (Fsp3) is 0.0909.